The number of urea groups is 1. The smallest absolute Gasteiger partial charge is 0.315 e. The van der Waals surface area contributed by atoms with Crippen LogP contribution in [0.25, 0.3) is 0 Å². The molecule has 4 N–H and O–H groups in total. The summed E-state index contributed by atoms with van der Waals surface area (Å²) in [6.45, 7) is 1.70. The zero-order chi connectivity index (χ0) is 19.2. The standard InChI is InChI=1S/C19H22BrN5O2/c20-16-4-1-2-5-17(16)24-10-3-11-25(24)18(26)13-23-19(27)22-12-14-6-8-15(21)9-7-14/h1-2,4-9H,3,10-13,21H2,(H2,22,23,27). The van der Waals surface area contributed by atoms with E-state index in [-0.39, 0.29) is 18.5 Å². The third-order valence-corrected chi connectivity index (χ3v) is 4.95. The summed E-state index contributed by atoms with van der Waals surface area (Å²) >= 11 is 3.53. The second-order valence-corrected chi connectivity index (χ2v) is 7.08. The maximum atomic E-state index is 12.6. The maximum Gasteiger partial charge on any atom is 0.315 e. The Morgan fingerprint density at radius 2 is 1.78 bits per heavy atom. The minimum absolute atomic E-state index is 0.0610. The second-order valence-electron chi connectivity index (χ2n) is 6.22. The van der Waals surface area contributed by atoms with Gasteiger partial charge < -0.3 is 16.4 Å². The molecule has 0 aromatic heterocycles. The molecule has 1 fully saturated rings. The maximum absolute atomic E-state index is 12.6. The first-order chi connectivity index (χ1) is 13.0. The summed E-state index contributed by atoms with van der Waals surface area (Å²) < 4.78 is 0.930. The predicted molar refractivity (Wildman–Crippen MR) is 109 cm³/mol. The average Bonchev–Trinajstić information content (AvgIpc) is 3.15. The molecule has 27 heavy (non-hydrogen) atoms. The topological polar surface area (TPSA) is 90.7 Å². The molecule has 3 amide bonds. The lowest BCUT2D eigenvalue weighted by molar-refractivity contribution is -0.129. The number of nitrogen functional groups attached to an aromatic ring is 1. The Balaban J connectivity index is 1.50. The SMILES string of the molecule is Nc1ccc(CNC(=O)NCC(=O)N2CCCN2c2ccccc2Br)cc1. The van der Waals surface area contributed by atoms with Gasteiger partial charge in [0.2, 0.25) is 0 Å². The first kappa shape index (κ1) is 19.0. The summed E-state index contributed by atoms with van der Waals surface area (Å²) in [5.41, 5.74) is 8.19. The highest BCUT2D eigenvalue weighted by Gasteiger charge is 2.28. The fourth-order valence-electron chi connectivity index (χ4n) is 2.91. The van der Waals surface area contributed by atoms with E-state index in [1.54, 1.807) is 17.1 Å². The van der Waals surface area contributed by atoms with Crippen LogP contribution in [0.5, 0.6) is 0 Å². The van der Waals surface area contributed by atoms with Gasteiger partial charge in [0.05, 0.1) is 5.69 Å². The fraction of sp³-hybridized carbons (Fsp3) is 0.263. The van der Waals surface area contributed by atoms with Crippen LogP contribution in [0.4, 0.5) is 16.2 Å². The number of rotatable bonds is 5. The van der Waals surface area contributed by atoms with Crippen LogP contribution in [0.3, 0.4) is 0 Å². The summed E-state index contributed by atoms with van der Waals surface area (Å²) in [6.07, 6.45) is 0.885. The molecule has 7 nitrogen and oxygen atoms in total. The lowest BCUT2D eigenvalue weighted by atomic mass is 10.2. The first-order valence-corrected chi connectivity index (χ1v) is 9.52. The first-order valence-electron chi connectivity index (χ1n) is 8.73. The summed E-state index contributed by atoms with van der Waals surface area (Å²) in [5, 5.41) is 8.98. The van der Waals surface area contributed by atoms with Crippen molar-refractivity contribution in [2.24, 2.45) is 0 Å². The van der Waals surface area contributed by atoms with Gasteiger partial charge in [0.1, 0.15) is 6.54 Å². The van der Waals surface area contributed by atoms with Crippen LogP contribution < -0.4 is 21.4 Å². The van der Waals surface area contributed by atoms with E-state index in [1.165, 1.54) is 0 Å². The van der Waals surface area contributed by atoms with Crippen LogP contribution in [-0.2, 0) is 11.3 Å². The average molecular weight is 432 g/mol. The number of hydrogen-bond donors (Lipinski definition) is 3. The van der Waals surface area contributed by atoms with E-state index < -0.39 is 0 Å². The highest BCUT2D eigenvalue weighted by Crippen LogP contribution is 2.29. The van der Waals surface area contributed by atoms with Crippen molar-refractivity contribution < 1.29 is 9.59 Å². The molecule has 1 aliphatic heterocycles. The monoisotopic (exact) mass is 431 g/mol. The molecule has 0 aliphatic carbocycles. The van der Waals surface area contributed by atoms with E-state index in [0.29, 0.717) is 18.8 Å². The predicted octanol–water partition coefficient (Wildman–Crippen LogP) is 2.48. The van der Waals surface area contributed by atoms with Gasteiger partial charge in [-0.05, 0) is 52.2 Å². The quantitative estimate of drug-likeness (QED) is 0.634. The third kappa shape index (κ3) is 4.91. The molecular formula is C19H22BrN5O2. The number of nitrogens with zero attached hydrogens (tertiary/aromatic N) is 2. The van der Waals surface area contributed by atoms with E-state index in [0.717, 1.165) is 28.7 Å². The van der Waals surface area contributed by atoms with Gasteiger partial charge in [-0.2, -0.15) is 0 Å². The number of anilines is 2. The number of carbonyl (C=O) groups is 2. The Morgan fingerprint density at radius 1 is 1.04 bits per heavy atom. The van der Waals surface area contributed by atoms with Crippen molar-refractivity contribution in [3.8, 4) is 0 Å². The molecule has 0 atom stereocenters. The number of amides is 3. The van der Waals surface area contributed by atoms with Crippen LogP contribution in [0.2, 0.25) is 0 Å². The Kier molecular flexibility index (Phi) is 6.18. The van der Waals surface area contributed by atoms with E-state index in [1.807, 2.05) is 41.4 Å². The molecule has 1 heterocycles. The number of nitrogens with one attached hydrogen (secondary N) is 2. The number of para-hydroxylation sites is 1. The third-order valence-electron chi connectivity index (χ3n) is 4.28. The normalized spacial score (nSPS) is 13.5. The second kappa shape index (κ2) is 8.77. The number of hydrazine groups is 1. The Hall–Kier alpha value is -2.74. The number of hydrogen-bond acceptors (Lipinski definition) is 4. The van der Waals surface area contributed by atoms with Crippen molar-refractivity contribution in [2.45, 2.75) is 13.0 Å². The molecule has 0 unspecified atom stereocenters. The number of halogens is 1. The van der Waals surface area contributed by atoms with Crippen LogP contribution in [-0.4, -0.2) is 36.6 Å². The Bertz CT molecular complexity index is 812. The lowest BCUT2D eigenvalue weighted by Crippen LogP contribution is -2.48. The molecule has 1 aliphatic rings. The van der Waals surface area contributed by atoms with Crippen LogP contribution >= 0.6 is 15.9 Å². The zero-order valence-electron chi connectivity index (χ0n) is 14.8. The van der Waals surface area contributed by atoms with Crippen molar-refractivity contribution in [3.05, 3.63) is 58.6 Å². The van der Waals surface area contributed by atoms with Crippen molar-refractivity contribution in [2.75, 3.05) is 30.4 Å². The molecule has 0 saturated carbocycles. The molecule has 2 aromatic carbocycles. The van der Waals surface area contributed by atoms with Gasteiger partial charge in [-0.15, -0.1) is 0 Å². The molecule has 0 radical (unpaired) electrons. The molecular weight excluding hydrogens is 410 g/mol. The molecule has 142 valence electrons. The molecule has 2 aromatic rings. The number of benzene rings is 2. The summed E-state index contributed by atoms with van der Waals surface area (Å²) in [4.78, 5) is 24.5. The summed E-state index contributed by atoms with van der Waals surface area (Å²) in [7, 11) is 0. The van der Waals surface area contributed by atoms with E-state index in [9.17, 15) is 9.59 Å². The Morgan fingerprint density at radius 3 is 2.52 bits per heavy atom. The largest absolute Gasteiger partial charge is 0.399 e. The summed E-state index contributed by atoms with van der Waals surface area (Å²) in [6, 6.07) is 14.6. The van der Waals surface area contributed by atoms with Crippen molar-refractivity contribution >= 4 is 39.2 Å². The van der Waals surface area contributed by atoms with Gasteiger partial charge in [0, 0.05) is 29.8 Å². The molecule has 3 rings (SSSR count). The van der Waals surface area contributed by atoms with Gasteiger partial charge >= 0.3 is 6.03 Å². The van der Waals surface area contributed by atoms with Crippen LogP contribution in [0.15, 0.2) is 53.0 Å². The van der Waals surface area contributed by atoms with Gasteiger partial charge in [0.25, 0.3) is 5.91 Å². The Labute approximate surface area is 166 Å². The van der Waals surface area contributed by atoms with Crippen molar-refractivity contribution in [1.29, 1.82) is 0 Å². The minimum atomic E-state index is -0.383. The highest BCUT2D eigenvalue weighted by molar-refractivity contribution is 9.10. The van der Waals surface area contributed by atoms with Crippen LogP contribution in [0, 0.1) is 0 Å². The zero-order valence-corrected chi connectivity index (χ0v) is 16.4. The minimum Gasteiger partial charge on any atom is -0.399 e. The van der Waals surface area contributed by atoms with Gasteiger partial charge in [-0.3, -0.25) is 14.8 Å². The molecule has 0 spiro atoms. The number of nitrogens with two attached hydrogens (primary N) is 1. The highest BCUT2D eigenvalue weighted by atomic mass is 79.9. The van der Waals surface area contributed by atoms with E-state index in [2.05, 4.69) is 26.6 Å². The number of carbonyl (C=O) groups excluding carboxylic acids is 2. The van der Waals surface area contributed by atoms with E-state index >= 15 is 0 Å². The molecule has 0 bridgehead atoms. The van der Waals surface area contributed by atoms with Gasteiger partial charge in [0.15, 0.2) is 0 Å². The van der Waals surface area contributed by atoms with Crippen LogP contribution in [0.1, 0.15) is 12.0 Å². The van der Waals surface area contributed by atoms with E-state index in [4.69, 9.17) is 5.73 Å². The van der Waals surface area contributed by atoms with Crippen molar-refractivity contribution in [3.63, 3.8) is 0 Å². The van der Waals surface area contributed by atoms with Crippen molar-refractivity contribution in [1.82, 2.24) is 15.6 Å². The fourth-order valence-corrected chi connectivity index (χ4v) is 3.40. The van der Waals surface area contributed by atoms with Gasteiger partial charge in [-0.1, -0.05) is 24.3 Å². The van der Waals surface area contributed by atoms with Gasteiger partial charge in [-0.25, -0.2) is 4.79 Å². The molecule has 8 heteroatoms. The summed E-state index contributed by atoms with van der Waals surface area (Å²) in [5.74, 6) is -0.147. The lowest BCUT2D eigenvalue weighted by Gasteiger charge is -2.30. The molecule has 1 saturated heterocycles.